The number of carbonyl (C=O) groups excluding carboxylic acids is 3. The van der Waals surface area contributed by atoms with Crippen molar-refractivity contribution < 1.29 is 33.8 Å². The molecule has 1 aromatic rings. The third-order valence-corrected chi connectivity index (χ3v) is 6.35. The van der Waals surface area contributed by atoms with Crippen LogP contribution in [0.3, 0.4) is 0 Å². The van der Waals surface area contributed by atoms with Crippen LogP contribution in [0.4, 0.5) is 4.79 Å². The summed E-state index contributed by atoms with van der Waals surface area (Å²) < 4.78 is 10.5. The van der Waals surface area contributed by atoms with Crippen LogP contribution in [0, 0.1) is 0 Å². The highest BCUT2D eigenvalue weighted by Crippen LogP contribution is 2.13. The van der Waals surface area contributed by atoms with Gasteiger partial charge in [-0.2, -0.15) is 0 Å². The van der Waals surface area contributed by atoms with Crippen LogP contribution in [0.1, 0.15) is 117 Å². The monoisotopic (exact) mass is 562 g/mol. The van der Waals surface area contributed by atoms with Crippen molar-refractivity contribution in [2.75, 3.05) is 0 Å². The molecular formula is C31H50N2O7. The lowest BCUT2D eigenvalue weighted by Gasteiger charge is -2.24. The van der Waals surface area contributed by atoms with Gasteiger partial charge in [-0.25, -0.2) is 9.59 Å². The van der Waals surface area contributed by atoms with Crippen molar-refractivity contribution in [2.24, 2.45) is 0 Å². The second-order valence-electron chi connectivity index (χ2n) is 11.3. The second-order valence-corrected chi connectivity index (χ2v) is 11.3. The molecule has 9 heteroatoms. The van der Waals surface area contributed by atoms with Gasteiger partial charge >= 0.3 is 18.0 Å². The highest BCUT2D eigenvalue weighted by atomic mass is 16.6. The molecule has 9 nitrogen and oxygen atoms in total. The summed E-state index contributed by atoms with van der Waals surface area (Å²) in [6.07, 6.45) is 10.5. The van der Waals surface area contributed by atoms with Crippen molar-refractivity contribution in [1.82, 2.24) is 10.6 Å². The summed E-state index contributed by atoms with van der Waals surface area (Å²) in [5.41, 5.74) is 0.0343. The molecule has 3 N–H and O–H groups in total. The minimum absolute atomic E-state index is 0.0662. The molecule has 0 unspecified atom stereocenters. The summed E-state index contributed by atoms with van der Waals surface area (Å²) in [5.74, 6) is -2.35. The minimum atomic E-state index is -1.16. The summed E-state index contributed by atoms with van der Waals surface area (Å²) >= 11 is 0. The molecule has 226 valence electrons. The Hall–Kier alpha value is -3.10. The third-order valence-electron chi connectivity index (χ3n) is 6.35. The molecule has 0 aliphatic heterocycles. The zero-order valence-corrected chi connectivity index (χ0v) is 24.8. The molecule has 0 aliphatic rings. The standard InChI is InChI=1S/C31H50N2O7/c1-5-6-7-8-9-10-11-12-13-17-20-26(29(36)37)32-28(35)25(33-30(38)40-31(2,3)4)21-22-27(34)39-23-24-18-15-14-16-19-24/h14-16,18-19,25-26H,5-13,17,20-23H2,1-4H3,(H,32,35)(H,33,38)(H,36,37)/t25-,26+/m1/s1. The second kappa shape index (κ2) is 19.9. The first-order valence-corrected chi connectivity index (χ1v) is 14.7. The van der Waals surface area contributed by atoms with Crippen LogP contribution >= 0.6 is 0 Å². The molecule has 2 atom stereocenters. The van der Waals surface area contributed by atoms with Gasteiger partial charge in [-0.05, 0) is 39.2 Å². The van der Waals surface area contributed by atoms with Crippen molar-refractivity contribution in [1.29, 1.82) is 0 Å². The molecule has 1 aromatic carbocycles. The average molecular weight is 563 g/mol. The Morgan fingerprint density at radius 2 is 1.38 bits per heavy atom. The van der Waals surface area contributed by atoms with Gasteiger partial charge in [0.05, 0.1) is 0 Å². The van der Waals surface area contributed by atoms with Gasteiger partial charge in [-0.15, -0.1) is 0 Å². The first-order valence-electron chi connectivity index (χ1n) is 14.7. The molecule has 0 saturated heterocycles. The van der Waals surface area contributed by atoms with Gasteiger partial charge in [0.2, 0.25) is 5.91 Å². The Bertz CT molecular complexity index is 883. The molecule has 40 heavy (non-hydrogen) atoms. The fourth-order valence-corrected chi connectivity index (χ4v) is 4.16. The van der Waals surface area contributed by atoms with Crippen LogP contribution in [-0.2, 0) is 30.5 Å². The van der Waals surface area contributed by atoms with E-state index in [1.165, 1.54) is 38.5 Å². The topological polar surface area (TPSA) is 131 Å². The van der Waals surface area contributed by atoms with E-state index in [9.17, 15) is 24.3 Å². The summed E-state index contributed by atoms with van der Waals surface area (Å²) in [7, 11) is 0. The van der Waals surface area contributed by atoms with Gasteiger partial charge in [-0.3, -0.25) is 9.59 Å². The van der Waals surface area contributed by atoms with E-state index < -0.39 is 41.6 Å². The number of hydrogen-bond acceptors (Lipinski definition) is 6. The maximum absolute atomic E-state index is 13.0. The number of rotatable bonds is 20. The average Bonchev–Trinajstić information content (AvgIpc) is 2.89. The molecular weight excluding hydrogens is 512 g/mol. The van der Waals surface area contributed by atoms with Crippen LogP contribution < -0.4 is 10.6 Å². The highest BCUT2D eigenvalue weighted by molar-refractivity contribution is 5.89. The molecule has 2 amide bonds. The molecule has 0 radical (unpaired) electrons. The number of alkyl carbamates (subject to hydrolysis) is 1. The number of carboxylic acid groups (broad SMARTS) is 1. The van der Waals surface area contributed by atoms with Gasteiger partial charge in [0.15, 0.2) is 0 Å². The number of carbonyl (C=O) groups is 4. The molecule has 0 saturated carbocycles. The summed E-state index contributed by atoms with van der Waals surface area (Å²) in [6, 6.07) is 6.94. The number of ether oxygens (including phenoxy) is 2. The quantitative estimate of drug-likeness (QED) is 0.126. The number of amides is 2. The van der Waals surface area contributed by atoms with Crippen LogP contribution in [0.2, 0.25) is 0 Å². The van der Waals surface area contributed by atoms with Crippen LogP contribution in [0.25, 0.3) is 0 Å². The van der Waals surface area contributed by atoms with E-state index in [1.54, 1.807) is 20.8 Å². The Morgan fingerprint density at radius 1 is 0.800 bits per heavy atom. The molecule has 0 aliphatic carbocycles. The smallest absolute Gasteiger partial charge is 0.408 e. The fraction of sp³-hybridized carbons (Fsp3) is 0.677. The van der Waals surface area contributed by atoms with Crippen LogP contribution in [-0.4, -0.2) is 46.7 Å². The van der Waals surface area contributed by atoms with E-state index in [1.807, 2.05) is 30.3 Å². The molecule has 1 rings (SSSR count). The largest absolute Gasteiger partial charge is 0.480 e. The lowest BCUT2D eigenvalue weighted by Crippen LogP contribution is -2.52. The van der Waals surface area contributed by atoms with Crippen molar-refractivity contribution in [3.8, 4) is 0 Å². The van der Waals surface area contributed by atoms with E-state index in [4.69, 9.17) is 9.47 Å². The predicted molar refractivity (Wildman–Crippen MR) is 155 cm³/mol. The lowest BCUT2D eigenvalue weighted by molar-refractivity contribution is -0.146. The first kappa shape index (κ1) is 34.9. The minimum Gasteiger partial charge on any atom is -0.480 e. The molecule has 0 bridgehead atoms. The number of carboxylic acids is 1. The van der Waals surface area contributed by atoms with Crippen LogP contribution in [0.5, 0.6) is 0 Å². The third kappa shape index (κ3) is 17.5. The van der Waals surface area contributed by atoms with Gasteiger partial charge in [-0.1, -0.05) is 101 Å². The van der Waals surface area contributed by atoms with Crippen molar-refractivity contribution in [2.45, 2.75) is 135 Å². The maximum atomic E-state index is 13.0. The highest BCUT2D eigenvalue weighted by Gasteiger charge is 2.28. The van der Waals surface area contributed by atoms with Gasteiger partial charge in [0.25, 0.3) is 0 Å². The summed E-state index contributed by atoms with van der Waals surface area (Å²) in [5, 5.41) is 14.7. The van der Waals surface area contributed by atoms with Gasteiger partial charge in [0, 0.05) is 6.42 Å². The predicted octanol–water partition coefficient (Wildman–Crippen LogP) is 6.28. The number of benzene rings is 1. The number of esters is 1. The maximum Gasteiger partial charge on any atom is 0.408 e. The van der Waals surface area contributed by atoms with Gasteiger partial charge < -0.3 is 25.2 Å². The SMILES string of the molecule is CCCCCCCCCCCC[C@H](NC(=O)[C@@H](CCC(=O)OCc1ccccc1)NC(=O)OC(C)(C)C)C(=O)O. The Labute approximate surface area is 239 Å². The normalized spacial score (nSPS) is 12.7. The molecule has 0 heterocycles. The zero-order chi connectivity index (χ0) is 29.8. The van der Waals surface area contributed by atoms with E-state index in [0.717, 1.165) is 24.8 Å². The van der Waals surface area contributed by atoms with E-state index in [2.05, 4.69) is 17.6 Å². The first-order chi connectivity index (χ1) is 19.0. The summed E-state index contributed by atoms with van der Waals surface area (Å²) in [4.78, 5) is 49.6. The van der Waals surface area contributed by atoms with Crippen molar-refractivity contribution in [3.05, 3.63) is 35.9 Å². The van der Waals surface area contributed by atoms with Crippen LogP contribution in [0.15, 0.2) is 30.3 Å². The van der Waals surface area contributed by atoms with E-state index in [0.29, 0.717) is 6.42 Å². The van der Waals surface area contributed by atoms with Gasteiger partial charge in [0.1, 0.15) is 24.3 Å². The van der Waals surface area contributed by atoms with E-state index in [-0.39, 0.29) is 25.9 Å². The van der Waals surface area contributed by atoms with Crippen molar-refractivity contribution in [3.63, 3.8) is 0 Å². The lowest BCUT2D eigenvalue weighted by atomic mass is 10.0. The number of unbranched alkanes of at least 4 members (excludes halogenated alkanes) is 9. The molecule has 0 aromatic heterocycles. The van der Waals surface area contributed by atoms with Crippen molar-refractivity contribution >= 4 is 23.9 Å². The Balaban J connectivity index is 2.59. The fourth-order valence-electron chi connectivity index (χ4n) is 4.16. The zero-order valence-electron chi connectivity index (χ0n) is 24.8. The number of hydrogen-bond donors (Lipinski definition) is 3. The number of aliphatic carboxylic acids is 1. The molecule has 0 fully saturated rings. The summed E-state index contributed by atoms with van der Waals surface area (Å²) in [6.45, 7) is 7.37. The number of nitrogens with one attached hydrogen (secondary N) is 2. The van der Waals surface area contributed by atoms with E-state index >= 15 is 0 Å². The Kier molecular flexibility index (Phi) is 17.4. The molecule has 0 spiro atoms. The Morgan fingerprint density at radius 3 is 1.93 bits per heavy atom.